The van der Waals surface area contributed by atoms with E-state index in [4.69, 9.17) is 0 Å². The van der Waals surface area contributed by atoms with Crippen LogP contribution in [-0.4, -0.2) is 54.5 Å². The lowest BCUT2D eigenvalue weighted by molar-refractivity contribution is -0.125. The second-order valence-corrected chi connectivity index (χ2v) is 4.27. The van der Waals surface area contributed by atoms with Crippen LogP contribution in [0.25, 0.3) is 0 Å². The molecule has 0 radical (unpaired) electrons. The number of rotatable bonds is 5. The molecule has 0 spiro atoms. The lowest BCUT2D eigenvalue weighted by Crippen LogP contribution is -2.34. The minimum atomic E-state index is -0.161. The highest BCUT2D eigenvalue weighted by molar-refractivity contribution is 6.01. The summed E-state index contributed by atoms with van der Waals surface area (Å²) in [6.45, 7) is 1.67. The minimum Gasteiger partial charge on any atom is -0.318 e. The van der Waals surface area contributed by atoms with Gasteiger partial charge in [0.25, 0.3) is 0 Å². The third-order valence-corrected chi connectivity index (χ3v) is 2.80. The number of nitrogens with one attached hydrogen (secondary N) is 1. The molecule has 5 heteroatoms. The van der Waals surface area contributed by atoms with Gasteiger partial charge in [0.2, 0.25) is 5.91 Å². The van der Waals surface area contributed by atoms with Crippen molar-refractivity contribution in [3.63, 3.8) is 0 Å². The second-order valence-electron chi connectivity index (χ2n) is 4.27. The molecular weight excluding hydrogens is 194 g/mol. The van der Waals surface area contributed by atoms with Crippen molar-refractivity contribution in [2.24, 2.45) is 0 Å². The maximum Gasteiger partial charge on any atom is 0.326 e. The van der Waals surface area contributed by atoms with E-state index in [9.17, 15) is 9.59 Å². The molecule has 1 N–H and O–H groups in total. The quantitative estimate of drug-likeness (QED) is 0.515. The Kier molecular flexibility index (Phi) is 2.90. The molecule has 1 aliphatic carbocycles. The van der Waals surface area contributed by atoms with Gasteiger partial charge in [-0.2, -0.15) is 0 Å². The fourth-order valence-electron chi connectivity index (χ4n) is 1.72. The zero-order valence-corrected chi connectivity index (χ0v) is 9.03. The molecule has 0 aromatic carbocycles. The molecule has 1 saturated heterocycles. The van der Waals surface area contributed by atoms with Crippen LogP contribution in [0.3, 0.4) is 0 Å². The molecule has 1 saturated carbocycles. The Morgan fingerprint density at radius 2 is 2.13 bits per heavy atom. The van der Waals surface area contributed by atoms with Crippen LogP contribution in [0.1, 0.15) is 19.3 Å². The van der Waals surface area contributed by atoms with Gasteiger partial charge < -0.3 is 10.2 Å². The molecule has 0 atom stereocenters. The Balaban J connectivity index is 1.68. The van der Waals surface area contributed by atoms with Gasteiger partial charge in [-0.25, -0.2) is 4.79 Å². The van der Waals surface area contributed by atoms with Gasteiger partial charge in [-0.3, -0.25) is 9.69 Å². The molecule has 1 aliphatic heterocycles. The van der Waals surface area contributed by atoms with Crippen molar-refractivity contribution in [2.75, 3.05) is 26.7 Å². The highest BCUT2D eigenvalue weighted by Gasteiger charge is 2.32. The summed E-state index contributed by atoms with van der Waals surface area (Å²) in [7, 11) is 1.66. The van der Waals surface area contributed by atoms with Crippen molar-refractivity contribution >= 4 is 11.9 Å². The Bertz CT molecular complexity index is 276. The first-order chi connectivity index (χ1) is 7.18. The molecule has 3 amide bonds. The van der Waals surface area contributed by atoms with Crippen LogP contribution in [0.15, 0.2) is 0 Å². The van der Waals surface area contributed by atoms with Gasteiger partial charge in [0.15, 0.2) is 0 Å². The van der Waals surface area contributed by atoms with Crippen molar-refractivity contribution < 1.29 is 9.59 Å². The van der Waals surface area contributed by atoms with E-state index in [-0.39, 0.29) is 18.5 Å². The molecule has 0 bridgehead atoms. The van der Waals surface area contributed by atoms with Crippen molar-refractivity contribution in [1.29, 1.82) is 0 Å². The van der Waals surface area contributed by atoms with E-state index in [1.807, 2.05) is 0 Å². The zero-order chi connectivity index (χ0) is 10.8. The van der Waals surface area contributed by atoms with E-state index in [2.05, 4.69) is 5.32 Å². The normalized spacial score (nSPS) is 21.7. The number of nitrogens with zero attached hydrogens (tertiary/aromatic N) is 2. The van der Waals surface area contributed by atoms with E-state index in [1.165, 1.54) is 22.6 Å². The molecule has 15 heavy (non-hydrogen) atoms. The molecule has 0 aromatic rings. The number of hydrogen-bond donors (Lipinski definition) is 1. The van der Waals surface area contributed by atoms with Gasteiger partial charge in [0.05, 0.1) is 0 Å². The van der Waals surface area contributed by atoms with Gasteiger partial charge in [-0.05, 0) is 25.8 Å². The predicted molar refractivity (Wildman–Crippen MR) is 55.4 cm³/mol. The van der Waals surface area contributed by atoms with Gasteiger partial charge in [-0.15, -0.1) is 0 Å². The number of urea groups is 1. The summed E-state index contributed by atoms with van der Waals surface area (Å²) in [5, 5.41) is 3.36. The Morgan fingerprint density at radius 3 is 2.67 bits per heavy atom. The zero-order valence-electron chi connectivity index (χ0n) is 9.03. The van der Waals surface area contributed by atoms with Crippen molar-refractivity contribution in [3.8, 4) is 0 Å². The lowest BCUT2D eigenvalue weighted by Gasteiger charge is -2.13. The average Bonchev–Trinajstić information content (AvgIpc) is 2.96. The SMILES string of the molecule is CN1CC(=O)N(CCCNC2CC2)C1=O. The Labute approximate surface area is 89.4 Å². The number of imide groups is 1. The first-order valence-corrected chi connectivity index (χ1v) is 5.47. The molecule has 0 unspecified atom stereocenters. The number of amides is 3. The topological polar surface area (TPSA) is 52.7 Å². The molecule has 2 fully saturated rings. The Morgan fingerprint density at radius 1 is 1.40 bits per heavy atom. The molecule has 1 heterocycles. The van der Waals surface area contributed by atoms with Crippen LogP contribution in [0, 0.1) is 0 Å². The van der Waals surface area contributed by atoms with E-state index < -0.39 is 0 Å². The molecule has 5 nitrogen and oxygen atoms in total. The number of likely N-dealkylation sites (N-methyl/N-ethyl adjacent to an activating group) is 1. The highest BCUT2D eigenvalue weighted by Crippen LogP contribution is 2.18. The largest absolute Gasteiger partial charge is 0.326 e. The summed E-state index contributed by atoms with van der Waals surface area (Å²) in [5.74, 6) is -0.0751. The van der Waals surface area contributed by atoms with Gasteiger partial charge in [-0.1, -0.05) is 0 Å². The smallest absolute Gasteiger partial charge is 0.318 e. The Hall–Kier alpha value is -1.10. The van der Waals surface area contributed by atoms with E-state index in [0.717, 1.165) is 13.0 Å². The molecule has 2 aliphatic rings. The summed E-state index contributed by atoms with van der Waals surface area (Å²) >= 11 is 0. The van der Waals surface area contributed by atoms with Gasteiger partial charge in [0, 0.05) is 19.6 Å². The third kappa shape index (κ3) is 2.47. The second kappa shape index (κ2) is 4.18. The minimum absolute atomic E-state index is 0.0751. The number of carbonyl (C=O) groups excluding carboxylic acids is 2. The summed E-state index contributed by atoms with van der Waals surface area (Å²) < 4.78 is 0. The van der Waals surface area contributed by atoms with Gasteiger partial charge >= 0.3 is 6.03 Å². The maximum atomic E-state index is 11.5. The fourth-order valence-corrected chi connectivity index (χ4v) is 1.72. The van der Waals surface area contributed by atoms with Crippen molar-refractivity contribution in [2.45, 2.75) is 25.3 Å². The molecular formula is C10H17N3O2. The average molecular weight is 211 g/mol. The summed E-state index contributed by atoms with van der Waals surface area (Å²) in [4.78, 5) is 25.6. The number of carbonyl (C=O) groups is 2. The standard InChI is InChI=1S/C10H17N3O2/c1-12-7-9(14)13(10(12)15)6-2-5-11-8-3-4-8/h8,11H,2-7H2,1H3. The van der Waals surface area contributed by atoms with Crippen LogP contribution in [0.5, 0.6) is 0 Å². The van der Waals surface area contributed by atoms with Gasteiger partial charge in [0.1, 0.15) is 6.54 Å². The van der Waals surface area contributed by atoms with Crippen molar-refractivity contribution in [1.82, 2.24) is 15.1 Å². The van der Waals surface area contributed by atoms with E-state index in [1.54, 1.807) is 7.05 Å². The highest BCUT2D eigenvalue weighted by atomic mass is 16.2. The first kappa shape index (κ1) is 10.4. The number of hydrogen-bond acceptors (Lipinski definition) is 3. The predicted octanol–water partition coefficient (Wildman–Crippen LogP) is 0.0225. The van der Waals surface area contributed by atoms with Crippen LogP contribution in [0.2, 0.25) is 0 Å². The fraction of sp³-hybridized carbons (Fsp3) is 0.800. The first-order valence-electron chi connectivity index (χ1n) is 5.47. The monoisotopic (exact) mass is 211 g/mol. The van der Waals surface area contributed by atoms with Crippen LogP contribution in [0.4, 0.5) is 4.79 Å². The van der Waals surface area contributed by atoms with Crippen LogP contribution in [-0.2, 0) is 4.79 Å². The van der Waals surface area contributed by atoms with Crippen LogP contribution >= 0.6 is 0 Å². The summed E-state index contributed by atoms with van der Waals surface area (Å²) in [6.07, 6.45) is 3.39. The van der Waals surface area contributed by atoms with Crippen molar-refractivity contribution in [3.05, 3.63) is 0 Å². The molecule has 84 valence electrons. The van der Waals surface area contributed by atoms with E-state index in [0.29, 0.717) is 12.6 Å². The lowest BCUT2D eigenvalue weighted by atomic mass is 10.4. The van der Waals surface area contributed by atoms with E-state index >= 15 is 0 Å². The third-order valence-electron chi connectivity index (χ3n) is 2.80. The van der Waals surface area contributed by atoms with Crippen LogP contribution < -0.4 is 5.32 Å². The summed E-state index contributed by atoms with van der Waals surface area (Å²) in [5.41, 5.74) is 0. The molecule has 0 aromatic heterocycles. The summed E-state index contributed by atoms with van der Waals surface area (Å²) in [6, 6.07) is 0.532. The maximum absolute atomic E-state index is 11.5. The molecule has 2 rings (SSSR count).